The summed E-state index contributed by atoms with van der Waals surface area (Å²) in [5.74, 6) is -7.67. The largest absolute Gasteiger partial charge is 0.319 e. The predicted molar refractivity (Wildman–Crippen MR) is 111 cm³/mol. The topological polar surface area (TPSA) is 97.5 Å². The number of nitrogens with two attached hydrogens (primary N) is 1. The minimum atomic E-state index is -4.17. The van der Waals surface area contributed by atoms with Crippen molar-refractivity contribution in [2.45, 2.75) is 36.2 Å². The Morgan fingerprint density at radius 3 is 2.44 bits per heavy atom. The number of alkyl halides is 2. The van der Waals surface area contributed by atoms with Crippen molar-refractivity contribution in [3.05, 3.63) is 58.4 Å². The zero-order valence-corrected chi connectivity index (χ0v) is 18.1. The first-order chi connectivity index (χ1) is 14.9. The first-order valence-electron chi connectivity index (χ1n) is 9.68. The van der Waals surface area contributed by atoms with Crippen LogP contribution < -0.4 is 10.6 Å². The lowest BCUT2D eigenvalue weighted by atomic mass is 10.0. The molecule has 1 amide bonds. The molecule has 2 aromatic rings. The number of carbonyl (C=O) groups excluding carboxylic acids is 2. The Bertz CT molecular complexity index is 1220. The highest BCUT2D eigenvalue weighted by Gasteiger charge is 2.57. The SMILES string of the molecule is N[C@H]1CS(=O)(=O)c2cc(F)c(C(=O)C[C@H]3CC3(F)F)cc2N(Cc2ccc(Cl)cc2)C1=O. The summed E-state index contributed by atoms with van der Waals surface area (Å²) in [5, 5.41) is 0.447. The number of anilines is 1. The van der Waals surface area contributed by atoms with E-state index in [1.54, 1.807) is 24.3 Å². The maximum absolute atomic E-state index is 14.7. The van der Waals surface area contributed by atoms with Crippen molar-refractivity contribution in [2.75, 3.05) is 10.7 Å². The van der Waals surface area contributed by atoms with Crippen LogP contribution in [0.25, 0.3) is 0 Å². The third-order valence-corrected chi connectivity index (χ3v) is 7.65. The smallest absolute Gasteiger partial charge is 0.252 e. The molecule has 2 aromatic carbocycles. The van der Waals surface area contributed by atoms with Gasteiger partial charge in [-0.25, -0.2) is 21.6 Å². The van der Waals surface area contributed by atoms with Crippen molar-refractivity contribution >= 4 is 38.8 Å². The standard InChI is InChI=1S/C21H18ClF3N2O4S/c22-13-3-1-11(2-4-13)9-27-17-6-14(18(28)5-12-8-21(12,24)25)15(23)7-19(17)32(30,31)10-16(26)20(27)29/h1-4,6-7,12,16H,5,8-10,26H2/t12-,16-/m0/s1. The molecule has 1 fully saturated rings. The van der Waals surface area contributed by atoms with Gasteiger partial charge < -0.3 is 10.6 Å². The molecular weight excluding hydrogens is 469 g/mol. The summed E-state index contributed by atoms with van der Waals surface area (Å²) in [5.41, 5.74) is 5.62. The van der Waals surface area contributed by atoms with E-state index in [1.165, 1.54) is 0 Å². The molecule has 0 aromatic heterocycles. The Morgan fingerprint density at radius 2 is 1.84 bits per heavy atom. The zero-order chi connectivity index (χ0) is 23.4. The number of hydrogen-bond acceptors (Lipinski definition) is 5. The number of rotatable bonds is 5. The number of hydrogen-bond donors (Lipinski definition) is 1. The Morgan fingerprint density at radius 1 is 1.22 bits per heavy atom. The first kappa shape index (κ1) is 22.8. The van der Waals surface area contributed by atoms with Crippen LogP contribution >= 0.6 is 11.6 Å². The van der Waals surface area contributed by atoms with E-state index < -0.39 is 74.3 Å². The maximum Gasteiger partial charge on any atom is 0.252 e. The second kappa shape index (κ2) is 7.86. The highest BCUT2D eigenvalue weighted by molar-refractivity contribution is 7.91. The van der Waals surface area contributed by atoms with E-state index in [9.17, 15) is 31.2 Å². The zero-order valence-electron chi connectivity index (χ0n) is 16.5. The summed E-state index contributed by atoms with van der Waals surface area (Å²) in [6.07, 6.45) is -1.05. The Balaban J connectivity index is 1.80. The van der Waals surface area contributed by atoms with Gasteiger partial charge in [0.25, 0.3) is 5.92 Å². The summed E-state index contributed by atoms with van der Waals surface area (Å²) in [6.45, 7) is -0.119. The number of fused-ring (bicyclic) bond motifs is 1. The van der Waals surface area contributed by atoms with Crippen LogP contribution in [-0.2, 0) is 21.2 Å². The summed E-state index contributed by atoms with van der Waals surface area (Å²) >= 11 is 5.88. The molecule has 0 spiro atoms. The highest BCUT2D eigenvalue weighted by atomic mass is 35.5. The van der Waals surface area contributed by atoms with Crippen molar-refractivity contribution in [3.63, 3.8) is 0 Å². The molecule has 0 saturated heterocycles. The van der Waals surface area contributed by atoms with Gasteiger partial charge in [-0.3, -0.25) is 9.59 Å². The lowest BCUT2D eigenvalue weighted by molar-refractivity contribution is -0.119. The summed E-state index contributed by atoms with van der Waals surface area (Å²) in [7, 11) is -4.17. The lowest BCUT2D eigenvalue weighted by Crippen LogP contribution is -2.45. The molecule has 1 saturated carbocycles. The second-order valence-corrected chi connectivity index (χ2v) is 10.5. The number of carbonyl (C=O) groups is 2. The second-order valence-electron chi connectivity index (χ2n) is 8.03. The highest BCUT2D eigenvalue weighted by Crippen LogP contribution is 2.51. The van der Waals surface area contributed by atoms with E-state index in [-0.39, 0.29) is 12.2 Å². The Hall–Kier alpha value is -2.43. The Labute approximate surface area is 187 Å². The molecule has 4 rings (SSSR count). The van der Waals surface area contributed by atoms with Gasteiger partial charge >= 0.3 is 0 Å². The number of Topliss-reactive ketones (excluding diaryl/α,β-unsaturated/α-hetero) is 1. The molecule has 11 heteroatoms. The lowest BCUT2D eigenvalue weighted by Gasteiger charge is -2.25. The van der Waals surface area contributed by atoms with E-state index in [2.05, 4.69) is 0 Å². The number of ketones is 1. The molecule has 2 aliphatic rings. The molecular formula is C21H18ClF3N2O4S. The number of halogens is 4. The van der Waals surface area contributed by atoms with E-state index in [0.717, 1.165) is 11.0 Å². The number of sulfone groups is 1. The molecule has 0 bridgehead atoms. The molecule has 6 nitrogen and oxygen atoms in total. The fraction of sp³-hybridized carbons (Fsp3) is 0.333. The van der Waals surface area contributed by atoms with Gasteiger partial charge in [0.05, 0.1) is 34.5 Å². The third kappa shape index (κ3) is 4.26. The van der Waals surface area contributed by atoms with Crippen molar-refractivity contribution < 1.29 is 31.2 Å². The van der Waals surface area contributed by atoms with Crippen LogP contribution in [0.5, 0.6) is 0 Å². The molecule has 1 heterocycles. The molecule has 1 aliphatic carbocycles. The third-order valence-electron chi connectivity index (χ3n) is 5.60. The van der Waals surface area contributed by atoms with Gasteiger partial charge in [0.15, 0.2) is 15.6 Å². The van der Waals surface area contributed by atoms with Crippen molar-refractivity contribution in [2.24, 2.45) is 11.7 Å². The average Bonchev–Trinajstić information content (AvgIpc) is 3.32. The summed E-state index contributed by atoms with van der Waals surface area (Å²) < 4.78 is 66.7. The number of benzene rings is 2. The molecule has 170 valence electrons. The van der Waals surface area contributed by atoms with Gasteiger partial charge in [0, 0.05) is 23.8 Å². The van der Waals surface area contributed by atoms with E-state index >= 15 is 0 Å². The quantitative estimate of drug-likeness (QED) is 0.654. The molecule has 0 unspecified atom stereocenters. The molecule has 2 atom stereocenters. The summed E-state index contributed by atoms with van der Waals surface area (Å²) in [6, 6.07) is 6.57. The first-order valence-corrected chi connectivity index (χ1v) is 11.7. The van der Waals surface area contributed by atoms with Crippen LogP contribution in [0.2, 0.25) is 5.02 Å². The molecule has 32 heavy (non-hydrogen) atoms. The number of amides is 1. The summed E-state index contributed by atoms with van der Waals surface area (Å²) in [4.78, 5) is 26.0. The minimum absolute atomic E-state index is 0.119. The van der Waals surface area contributed by atoms with Crippen LogP contribution in [0.15, 0.2) is 41.3 Å². The van der Waals surface area contributed by atoms with E-state index in [4.69, 9.17) is 17.3 Å². The van der Waals surface area contributed by atoms with Crippen LogP contribution in [0, 0.1) is 11.7 Å². The van der Waals surface area contributed by atoms with Crippen molar-refractivity contribution in [1.82, 2.24) is 0 Å². The molecule has 2 N–H and O–H groups in total. The van der Waals surface area contributed by atoms with Crippen LogP contribution in [-0.4, -0.2) is 37.8 Å². The van der Waals surface area contributed by atoms with Crippen molar-refractivity contribution in [1.29, 1.82) is 0 Å². The average molecular weight is 487 g/mol. The number of nitrogens with zero attached hydrogens (tertiary/aromatic N) is 1. The monoisotopic (exact) mass is 486 g/mol. The van der Waals surface area contributed by atoms with Crippen LogP contribution in [0.4, 0.5) is 18.9 Å². The molecule has 1 aliphatic heterocycles. The van der Waals surface area contributed by atoms with Gasteiger partial charge in [0.1, 0.15) is 5.82 Å². The minimum Gasteiger partial charge on any atom is -0.319 e. The van der Waals surface area contributed by atoms with Gasteiger partial charge in [-0.15, -0.1) is 0 Å². The van der Waals surface area contributed by atoms with Crippen LogP contribution in [0.3, 0.4) is 0 Å². The van der Waals surface area contributed by atoms with Crippen LogP contribution in [0.1, 0.15) is 28.8 Å². The van der Waals surface area contributed by atoms with E-state index in [0.29, 0.717) is 16.7 Å². The van der Waals surface area contributed by atoms with Gasteiger partial charge in [-0.2, -0.15) is 0 Å². The normalized spacial score (nSPS) is 23.4. The predicted octanol–water partition coefficient (Wildman–Crippen LogP) is 3.35. The van der Waals surface area contributed by atoms with Gasteiger partial charge in [-0.1, -0.05) is 23.7 Å². The van der Waals surface area contributed by atoms with Gasteiger partial charge in [0.2, 0.25) is 5.91 Å². The Kier molecular flexibility index (Phi) is 5.59. The van der Waals surface area contributed by atoms with E-state index in [1.807, 2.05) is 0 Å². The fourth-order valence-electron chi connectivity index (χ4n) is 3.69. The maximum atomic E-state index is 14.7. The van der Waals surface area contributed by atoms with Crippen molar-refractivity contribution in [3.8, 4) is 0 Å². The van der Waals surface area contributed by atoms with Gasteiger partial charge in [-0.05, 0) is 29.8 Å². The molecule has 0 radical (unpaired) electrons. The fourth-order valence-corrected chi connectivity index (χ4v) is 5.39.